The molecule has 0 aliphatic carbocycles. The largest absolute Gasteiger partial charge is 0.340 e. The van der Waals surface area contributed by atoms with Crippen molar-refractivity contribution in [3.63, 3.8) is 0 Å². The lowest BCUT2D eigenvalue weighted by atomic mass is 10.0. The van der Waals surface area contributed by atoms with Crippen LogP contribution in [-0.4, -0.2) is 59.7 Å². The normalized spacial score (nSPS) is 14.9. The van der Waals surface area contributed by atoms with E-state index in [0.29, 0.717) is 47.4 Å². The lowest BCUT2D eigenvalue weighted by molar-refractivity contribution is -0.135. The Morgan fingerprint density at radius 1 is 0.906 bits per heavy atom. The van der Waals surface area contributed by atoms with Gasteiger partial charge in [-0.25, -0.2) is 0 Å². The zero-order chi connectivity index (χ0) is 23.4. The van der Waals surface area contributed by atoms with E-state index in [1.165, 1.54) is 0 Å². The van der Waals surface area contributed by atoms with Crippen molar-refractivity contribution in [3.05, 3.63) is 69.2 Å². The number of rotatable bonds is 5. The summed E-state index contributed by atoms with van der Waals surface area (Å²) in [5, 5.41) is 3.65. The molecule has 0 radical (unpaired) electrons. The molecule has 1 aliphatic rings. The fourth-order valence-corrected chi connectivity index (χ4v) is 4.09. The van der Waals surface area contributed by atoms with Crippen LogP contribution in [-0.2, 0) is 4.79 Å². The molecular formula is C24H27Cl2N3O3. The Kier molecular flexibility index (Phi) is 7.80. The summed E-state index contributed by atoms with van der Waals surface area (Å²) in [6.07, 6.45) is 0. The van der Waals surface area contributed by atoms with Gasteiger partial charge in [0.05, 0.1) is 10.6 Å². The number of carbonyl (C=O) groups is 3. The highest BCUT2D eigenvalue weighted by atomic mass is 35.5. The summed E-state index contributed by atoms with van der Waals surface area (Å²) in [6, 6.07) is 11.4. The summed E-state index contributed by atoms with van der Waals surface area (Å²) in [5.74, 6) is -0.684. The van der Waals surface area contributed by atoms with Gasteiger partial charge in [0, 0.05) is 36.8 Å². The SMILES string of the molecule is Cc1ccc(C(=O)NC(C(=O)N2CCN(C(=O)c3ccc(Cl)cc3Cl)CC2)C(C)C)cc1. The predicted molar refractivity (Wildman–Crippen MR) is 126 cm³/mol. The third-order valence-corrected chi connectivity index (χ3v) is 6.12. The van der Waals surface area contributed by atoms with Crippen molar-refractivity contribution in [2.45, 2.75) is 26.8 Å². The maximum atomic E-state index is 13.2. The lowest BCUT2D eigenvalue weighted by Gasteiger charge is -2.37. The van der Waals surface area contributed by atoms with E-state index < -0.39 is 6.04 Å². The van der Waals surface area contributed by atoms with E-state index in [1.54, 1.807) is 40.1 Å². The average Bonchev–Trinajstić information content (AvgIpc) is 2.77. The molecule has 170 valence electrons. The average molecular weight is 476 g/mol. The Morgan fingerprint density at radius 2 is 1.50 bits per heavy atom. The Balaban J connectivity index is 1.62. The maximum absolute atomic E-state index is 13.2. The summed E-state index contributed by atoms with van der Waals surface area (Å²) < 4.78 is 0. The smallest absolute Gasteiger partial charge is 0.255 e. The third kappa shape index (κ3) is 5.61. The van der Waals surface area contributed by atoms with Gasteiger partial charge in [0.25, 0.3) is 11.8 Å². The van der Waals surface area contributed by atoms with Gasteiger partial charge in [-0.3, -0.25) is 14.4 Å². The first-order valence-electron chi connectivity index (χ1n) is 10.6. The van der Waals surface area contributed by atoms with Crippen LogP contribution in [0.4, 0.5) is 0 Å². The molecule has 0 aromatic heterocycles. The molecule has 6 nitrogen and oxygen atoms in total. The Morgan fingerprint density at radius 3 is 2.06 bits per heavy atom. The number of hydrogen-bond donors (Lipinski definition) is 1. The minimum absolute atomic E-state index is 0.0792. The van der Waals surface area contributed by atoms with Crippen molar-refractivity contribution in [2.75, 3.05) is 26.2 Å². The fraction of sp³-hybridized carbons (Fsp3) is 0.375. The second-order valence-electron chi connectivity index (χ2n) is 8.30. The van der Waals surface area contributed by atoms with Gasteiger partial charge in [-0.15, -0.1) is 0 Å². The lowest BCUT2D eigenvalue weighted by Crippen LogP contribution is -2.57. The molecule has 1 fully saturated rings. The van der Waals surface area contributed by atoms with E-state index in [0.717, 1.165) is 5.56 Å². The van der Waals surface area contributed by atoms with Crippen molar-refractivity contribution in [1.82, 2.24) is 15.1 Å². The first-order chi connectivity index (χ1) is 15.2. The van der Waals surface area contributed by atoms with Gasteiger partial charge in [0.15, 0.2) is 0 Å². The van der Waals surface area contributed by atoms with Gasteiger partial charge in [0.2, 0.25) is 5.91 Å². The molecule has 1 saturated heterocycles. The zero-order valence-electron chi connectivity index (χ0n) is 18.4. The van der Waals surface area contributed by atoms with Gasteiger partial charge in [0.1, 0.15) is 6.04 Å². The summed E-state index contributed by atoms with van der Waals surface area (Å²) in [6.45, 7) is 7.31. The van der Waals surface area contributed by atoms with Crippen LogP contribution in [0.25, 0.3) is 0 Å². The van der Waals surface area contributed by atoms with Crippen LogP contribution in [0.1, 0.15) is 40.1 Å². The molecule has 32 heavy (non-hydrogen) atoms. The molecule has 0 spiro atoms. The molecular weight excluding hydrogens is 449 g/mol. The van der Waals surface area contributed by atoms with E-state index in [9.17, 15) is 14.4 Å². The standard InChI is InChI=1S/C24H27Cl2N3O3/c1-15(2)21(27-22(30)17-6-4-16(3)5-7-17)24(32)29-12-10-28(11-13-29)23(31)19-9-8-18(25)14-20(19)26/h4-9,14-15,21H,10-13H2,1-3H3,(H,27,30). The molecule has 0 saturated carbocycles. The number of piperazine rings is 1. The molecule has 1 aliphatic heterocycles. The summed E-state index contributed by atoms with van der Waals surface area (Å²) in [4.78, 5) is 42.0. The third-order valence-electron chi connectivity index (χ3n) is 5.57. The highest BCUT2D eigenvalue weighted by Crippen LogP contribution is 2.23. The minimum Gasteiger partial charge on any atom is -0.340 e. The van der Waals surface area contributed by atoms with E-state index in [2.05, 4.69) is 5.32 Å². The topological polar surface area (TPSA) is 69.7 Å². The Hall–Kier alpha value is -2.57. The minimum atomic E-state index is -0.642. The van der Waals surface area contributed by atoms with Crippen LogP contribution in [0, 0.1) is 12.8 Å². The number of benzene rings is 2. The van der Waals surface area contributed by atoms with Crippen LogP contribution in [0.5, 0.6) is 0 Å². The molecule has 2 aromatic rings. The van der Waals surface area contributed by atoms with E-state index >= 15 is 0 Å². The van der Waals surface area contributed by atoms with Crippen molar-refractivity contribution in [2.24, 2.45) is 5.92 Å². The van der Waals surface area contributed by atoms with Crippen LogP contribution >= 0.6 is 23.2 Å². The molecule has 2 aromatic carbocycles. The van der Waals surface area contributed by atoms with Crippen molar-refractivity contribution >= 4 is 40.9 Å². The van der Waals surface area contributed by atoms with E-state index in [4.69, 9.17) is 23.2 Å². The monoisotopic (exact) mass is 475 g/mol. The van der Waals surface area contributed by atoms with E-state index in [1.807, 2.05) is 32.9 Å². The van der Waals surface area contributed by atoms with Gasteiger partial charge in [-0.1, -0.05) is 54.7 Å². The predicted octanol–water partition coefficient (Wildman–Crippen LogP) is 4.04. The number of carbonyl (C=O) groups excluding carboxylic acids is 3. The first kappa shape index (κ1) is 24.1. The summed E-state index contributed by atoms with van der Waals surface area (Å²) >= 11 is 12.1. The van der Waals surface area contributed by atoms with Gasteiger partial charge in [-0.2, -0.15) is 0 Å². The number of amides is 3. The molecule has 1 unspecified atom stereocenters. The van der Waals surface area contributed by atoms with Gasteiger partial charge < -0.3 is 15.1 Å². The number of nitrogens with zero attached hydrogens (tertiary/aromatic N) is 2. The maximum Gasteiger partial charge on any atom is 0.255 e. The van der Waals surface area contributed by atoms with Gasteiger partial charge in [-0.05, 0) is 43.2 Å². The quantitative estimate of drug-likeness (QED) is 0.708. The molecule has 1 atom stereocenters. The number of aryl methyl sites for hydroxylation is 1. The van der Waals surface area contributed by atoms with Crippen LogP contribution in [0.15, 0.2) is 42.5 Å². The van der Waals surface area contributed by atoms with Crippen LogP contribution < -0.4 is 5.32 Å². The van der Waals surface area contributed by atoms with E-state index in [-0.39, 0.29) is 23.6 Å². The molecule has 1 N–H and O–H groups in total. The van der Waals surface area contributed by atoms with Crippen molar-refractivity contribution in [3.8, 4) is 0 Å². The van der Waals surface area contributed by atoms with Crippen molar-refractivity contribution < 1.29 is 14.4 Å². The highest BCUT2D eigenvalue weighted by molar-refractivity contribution is 6.36. The Bertz CT molecular complexity index is 1000. The fourth-order valence-electron chi connectivity index (χ4n) is 3.60. The second-order valence-corrected chi connectivity index (χ2v) is 9.15. The zero-order valence-corrected chi connectivity index (χ0v) is 19.9. The van der Waals surface area contributed by atoms with Crippen LogP contribution in [0.2, 0.25) is 10.0 Å². The molecule has 3 amide bonds. The summed E-state index contributed by atoms with van der Waals surface area (Å²) in [5.41, 5.74) is 1.97. The molecule has 3 rings (SSSR count). The molecule has 1 heterocycles. The number of halogens is 2. The second kappa shape index (κ2) is 10.4. The first-order valence-corrected chi connectivity index (χ1v) is 11.3. The van der Waals surface area contributed by atoms with Crippen LogP contribution in [0.3, 0.4) is 0 Å². The highest BCUT2D eigenvalue weighted by Gasteiger charge is 2.32. The number of hydrogen-bond acceptors (Lipinski definition) is 3. The number of nitrogens with one attached hydrogen (secondary N) is 1. The molecule has 8 heteroatoms. The van der Waals surface area contributed by atoms with Crippen molar-refractivity contribution in [1.29, 1.82) is 0 Å². The molecule has 0 bridgehead atoms. The summed E-state index contributed by atoms with van der Waals surface area (Å²) in [7, 11) is 0. The Labute approximate surface area is 198 Å². The van der Waals surface area contributed by atoms with Gasteiger partial charge >= 0.3 is 0 Å².